The van der Waals surface area contributed by atoms with Crippen LogP contribution in [0, 0.1) is 0 Å². The first-order chi connectivity index (χ1) is 17.6. The lowest BCUT2D eigenvalue weighted by Crippen LogP contribution is -2.56. The number of benzene rings is 3. The Balaban J connectivity index is 1.71. The van der Waals surface area contributed by atoms with Crippen molar-refractivity contribution in [1.29, 1.82) is 0 Å². The molecule has 1 aliphatic rings. The predicted molar refractivity (Wildman–Crippen MR) is 142 cm³/mol. The fourth-order valence-electron chi connectivity index (χ4n) is 4.27. The molecule has 0 aliphatic carbocycles. The molecule has 2 atom stereocenters. The quantitative estimate of drug-likeness (QED) is 0.403. The molecule has 2 unspecified atom stereocenters. The zero-order chi connectivity index (χ0) is 26.6. The highest BCUT2D eigenvalue weighted by atomic mass is 35.5. The molecular formula is C26H25ClN2O6S2. The maximum atomic E-state index is 13.9. The van der Waals surface area contributed by atoms with Gasteiger partial charge in [0.2, 0.25) is 20.0 Å². The van der Waals surface area contributed by atoms with E-state index in [1.807, 2.05) is 0 Å². The summed E-state index contributed by atoms with van der Waals surface area (Å²) in [6.07, 6.45) is 3.13. The summed E-state index contributed by atoms with van der Waals surface area (Å²) in [6, 6.07) is 18.4. The summed E-state index contributed by atoms with van der Waals surface area (Å²) in [6.45, 7) is -0.231. The van der Waals surface area contributed by atoms with Gasteiger partial charge < -0.3 is 5.11 Å². The third-order valence-corrected chi connectivity index (χ3v) is 9.48. The first-order valence-electron chi connectivity index (χ1n) is 11.4. The fourth-order valence-corrected chi connectivity index (χ4v) is 7.58. The van der Waals surface area contributed by atoms with E-state index in [0.29, 0.717) is 21.7 Å². The van der Waals surface area contributed by atoms with E-state index in [1.54, 1.807) is 78.9 Å². The van der Waals surface area contributed by atoms with Crippen molar-refractivity contribution in [3.8, 4) is 11.1 Å². The Hall–Kier alpha value is -3.02. The molecule has 194 valence electrons. The van der Waals surface area contributed by atoms with Crippen molar-refractivity contribution in [2.24, 2.45) is 0 Å². The standard InChI is InChI=1S/C26H25ClN2O6S2/c27-21-15-13-20(14-16-21)22-10-4-5-12-24(22)37(34,35)29-17-7-6-11-23(25(29)26(30)31)28-36(32,33)18-19-8-2-1-3-9-19/h1-10,12-16,23,25,28H,11,17-18H2,(H,30,31). The van der Waals surface area contributed by atoms with Gasteiger partial charge in [0.25, 0.3) is 0 Å². The number of nitrogens with zero attached hydrogens (tertiary/aromatic N) is 1. The molecule has 8 nitrogen and oxygen atoms in total. The summed E-state index contributed by atoms with van der Waals surface area (Å²) >= 11 is 5.99. The van der Waals surface area contributed by atoms with Gasteiger partial charge in [0, 0.05) is 17.1 Å². The van der Waals surface area contributed by atoms with E-state index >= 15 is 0 Å². The number of carboxylic acid groups (broad SMARTS) is 1. The average molecular weight is 561 g/mol. The van der Waals surface area contributed by atoms with Crippen molar-refractivity contribution in [2.45, 2.75) is 29.2 Å². The van der Waals surface area contributed by atoms with Gasteiger partial charge in [-0.3, -0.25) is 4.79 Å². The highest BCUT2D eigenvalue weighted by molar-refractivity contribution is 7.89. The third kappa shape index (κ3) is 6.28. The van der Waals surface area contributed by atoms with Crippen LogP contribution in [0.15, 0.2) is 95.9 Å². The molecule has 3 aromatic rings. The van der Waals surface area contributed by atoms with Crippen molar-refractivity contribution >= 4 is 37.6 Å². The average Bonchev–Trinajstić information content (AvgIpc) is 3.07. The van der Waals surface area contributed by atoms with E-state index in [-0.39, 0.29) is 23.6 Å². The molecule has 0 saturated heterocycles. The van der Waals surface area contributed by atoms with Crippen LogP contribution in [0.3, 0.4) is 0 Å². The molecule has 0 fully saturated rings. The number of carboxylic acids is 1. The van der Waals surface area contributed by atoms with Gasteiger partial charge in [-0.15, -0.1) is 0 Å². The van der Waals surface area contributed by atoms with Crippen molar-refractivity contribution in [1.82, 2.24) is 9.03 Å². The lowest BCUT2D eigenvalue weighted by molar-refractivity contribution is -0.142. The van der Waals surface area contributed by atoms with Crippen LogP contribution >= 0.6 is 11.6 Å². The van der Waals surface area contributed by atoms with Gasteiger partial charge in [0.05, 0.1) is 16.7 Å². The number of carbonyl (C=O) groups is 1. The summed E-state index contributed by atoms with van der Waals surface area (Å²) in [4.78, 5) is 12.4. The molecule has 11 heteroatoms. The second-order valence-corrected chi connectivity index (χ2v) is 12.6. The molecule has 0 spiro atoms. The Kier molecular flexibility index (Phi) is 8.15. The minimum atomic E-state index is -4.38. The van der Waals surface area contributed by atoms with Crippen LogP contribution in [0.5, 0.6) is 0 Å². The van der Waals surface area contributed by atoms with E-state index in [0.717, 1.165) is 4.31 Å². The molecule has 0 saturated carbocycles. The van der Waals surface area contributed by atoms with Crippen LogP contribution < -0.4 is 4.72 Å². The maximum absolute atomic E-state index is 13.9. The molecule has 0 radical (unpaired) electrons. The third-order valence-electron chi connectivity index (χ3n) is 5.95. The van der Waals surface area contributed by atoms with Crippen molar-refractivity contribution < 1.29 is 26.7 Å². The molecule has 1 heterocycles. The summed E-state index contributed by atoms with van der Waals surface area (Å²) in [5.41, 5.74) is 1.48. The summed E-state index contributed by atoms with van der Waals surface area (Å²) < 4.78 is 57.0. The minimum Gasteiger partial charge on any atom is -0.480 e. The van der Waals surface area contributed by atoms with Gasteiger partial charge in [0.15, 0.2) is 0 Å². The minimum absolute atomic E-state index is 0.00976. The number of sulfonamides is 2. The first-order valence-corrected chi connectivity index (χ1v) is 14.8. The molecule has 0 bridgehead atoms. The van der Waals surface area contributed by atoms with Gasteiger partial charge in [-0.05, 0) is 35.7 Å². The summed E-state index contributed by atoms with van der Waals surface area (Å²) in [5, 5.41) is 10.6. The number of nitrogens with one attached hydrogen (secondary N) is 1. The van der Waals surface area contributed by atoms with E-state index in [1.165, 1.54) is 12.1 Å². The monoisotopic (exact) mass is 560 g/mol. The van der Waals surface area contributed by atoms with Gasteiger partial charge in [-0.25, -0.2) is 21.6 Å². The van der Waals surface area contributed by atoms with Crippen LogP contribution in [0.2, 0.25) is 5.02 Å². The van der Waals surface area contributed by atoms with Crippen LogP contribution in [0.1, 0.15) is 12.0 Å². The van der Waals surface area contributed by atoms with Crippen molar-refractivity contribution in [3.63, 3.8) is 0 Å². The lowest BCUT2D eigenvalue weighted by atomic mass is 10.1. The summed E-state index contributed by atoms with van der Waals surface area (Å²) in [5.74, 6) is -1.82. The molecular weight excluding hydrogens is 536 g/mol. The smallest absolute Gasteiger partial charge is 0.323 e. The predicted octanol–water partition coefficient (Wildman–Crippen LogP) is 3.90. The second-order valence-electron chi connectivity index (χ2n) is 8.54. The first kappa shape index (κ1) is 27.0. The van der Waals surface area contributed by atoms with E-state index in [4.69, 9.17) is 11.6 Å². The molecule has 3 aromatic carbocycles. The summed E-state index contributed by atoms with van der Waals surface area (Å²) in [7, 11) is -8.37. The van der Waals surface area contributed by atoms with Crippen LogP contribution in [-0.2, 0) is 30.6 Å². The normalized spacial score (nSPS) is 18.8. The number of hydrogen-bond donors (Lipinski definition) is 2. The maximum Gasteiger partial charge on any atom is 0.323 e. The largest absolute Gasteiger partial charge is 0.480 e. The molecule has 37 heavy (non-hydrogen) atoms. The number of halogens is 1. The molecule has 0 amide bonds. The number of rotatable bonds is 8. The highest BCUT2D eigenvalue weighted by Gasteiger charge is 2.43. The zero-order valence-electron chi connectivity index (χ0n) is 19.6. The van der Waals surface area contributed by atoms with E-state index in [2.05, 4.69) is 4.72 Å². The van der Waals surface area contributed by atoms with Crippen molar-refractivity contribution in [3.05, 3.63) is 102 Å². The zero-order valence-corrected chi connectivity index (χ0v) is 22.0. The van der Waals surface area contributed by atoms with Gasteiger partial charge >= 0.3 is 5.97 Å². The molecule has 1 aliphatic heterocycles. The topological polar surface area (TPSA) is 121 Å². The molecule has 4 rings (SSSR count). The van der Waals surface area contributed by atoms with E-state index < -0.39 is 38.1 Å². The van der Waals surface area contributed by atoms with Crippen molar-refractivity contribution in [2.75, 3.05) is 6.54 Å². The fraction of sp³-hybridized carbons (Fsp3) is 0.192. The number of aliphatic carboxylic acids is 1. The second kappa shape index (κ2) is 11.2. The van der Waals surface area contributed by atoms with Crippen LogP contribution in [0.4, 0.5) is 0 Å². The molecule has 2 N–H and O–H groups in total. The van der Waals surface area contributed by atoms with Gasteiger partial charge in [-0.1, -0.05) is 84.4 Å². The Morgan fingerprint density at radius 3 is 2.24 bits per heavy atom. The van der Waals surface area contributed by atoms with Gasteiger partial charge in [0.1, 0.15) is 6.04 Å². The lowest BCUT2D eigenvalue weighted by Gasteiger charge is -2.32. The van der Waals surface area contributed by atoms with Crippen LogP contribution in [0.25, 0.3) is 11.1 Å². The van der Waals surface area contributed by atoms with E-state index in [9.17, 15) is 26.7 Å². The highest BCUT2D eigenvalue weighted by Crippen LogP contribution is 2.32. The Labute approximate surface area is 221 Å². The molecule has 0 aromatic heterocycles. The SMILES string of the molecule is O=C(O)C1C(NS(=O)(=O)Cc2ccccc2)CC=CCN1S(=O)(=O)c1ccccc1-c1ccc(Cl)cc1. The Bertz CT molecular complexity index is 1510. The van der Waals surface area contributed by atoms with Gasteiger partial charge in [-0.2, -0.15) is 4.31 Å². The Morgan fingerprint density at radius 1 is 0.919 bits per heavy atom. The number of hydrogen-bond acceptors (Lipinski definition) is 5. The van der Waals surface area contributed by atoms with Crippen LogP contribution in [-0.4, -0.2) is 50.8 Å². The Morgan fingerprint density at radius 2 is 1.57 bits per heavy atom.